The molecule has 6 nitrogen and oxygen atoms in total. The number of nitrogens with zero attached hydrogens (tertiary/aromatic N) is 2. The van der Waals surface area contributed by atoms with Gasteiger partial charge in [0.15, 0.2) is 0 Å². The molecule has 136 valence electrons. The third kappa shape index (κ3) is 4.68. The van der Waals surface area contributed by atoms with Gasteiger partial charge in [-0.2, -0.15) is 4.31 Å². The van der Waals surface area contributed by atoms with Gasteiger partial charge in [0.25, 0.3) is 0 Å². The SMILES string of the molecule is Cc1cc(S(=O)(=O)N2CCN(CCOCCO)CC2)c(C)cc1Cl. The lowest BCUT2D eigenvalue weighted by Crippen LogP contribution is -2.49. The molecule has 0 atom stereocenters. The van der Waals surface area contributed by atoms with E-state index in [2.05, 4.69) is 4.90 Å². The fourth-order valence-electron chi connectivity index (χ4n) is 2.73. The lowest BCUT2D eigenvalue weighted by Gasteiger charge is -2.34. The Morgan fingerprint density at radius 2 is 1.79 bits per heavy atom. The van der Waals surface area contributed by atoms with Crippen molar-refractivity contribution in [1.29, 1.82) is 0 Å². The first-order chi connectivity index (χ1) is 11.4. The van der Waals surface area contributed by atoms with Crippen LogP contribution in [0.15, 0.2) is 17.0 Å². The maximum Gasteiger partial charge on any atom is 0.243 e. The number of hydrogen-bond acceptors (Lipinski definition) is 5. The summed E-state index contributed by atoms with van der Waals surface area (Å²) in [4.78, 5) is 2.51. The van der Waals surface area contributed by atoms with Crippen LogP contribution in [0.2, 0.25) is 5.02 Å². The summed E-state index contributed by atoms with van der Waals surface area (Å²) in [5.74, 6) is 0. The lowest BCUT2D eigenvalue weighted by atomic mass is 10.2. The van der Waals surface area contributed by atoms with Crippen LogP contribution in [0.1, 0.15) is 11.1 Å². The van der Waals surface area contributed by atoms with Gasteiger partial charge in [-0.25, -0.2) is 8.42 Å². The zero-order valence-corrected chi connectivity index (χ0v) is 15.7. The minimum absolute atomic E-state index is 0.0197. The Hall–Kier alpha value is -0.700. The molecular formula is C16H25ClN2O4S. The lowest BCUT2D eigenvalue weighted by molar-refractivity contribution is 0.0661. The summed E-state index contributed by atoms with van der Waals surface area (Å²) in [6.45, 7) is 7.50. The summed E-state index contributed by atoms with van der Waals surface area (Å²) in [7, 11) is -3.50. The highest BCUT2D eigenvalue weighted by atomic mass is 35.5. The molecule has 0 saturated carbocycles. The second-order valence-corrected chi connectivity index (χ2v) is 8.26. The standard InChI is InChI=1S/C16H25ClN2O4S/c1-13-12-16(14(2)11-15(13)17)24(21,22)19-5-3-18(4-6-19)7-9-23-10-8-20/h11-12,20H,3-10H2,1-2H3. The average molecular weight is 377 g/mol. The first-order valence-electron chi connectivity index (χ1n) is 8.04. The summed E-state index contributed by atoms with van der Waals surface area (Å²) < 4.78 is 32.6. The van der Waals surface area contributed by atoms with Crippen molar-refractivity contribution in [1.82, 2.24) is 9.21 Å². The third-order valence-corrected chi connectivity index (χ3v) is 6.64. The van der Waals surface area contributed by atoms with E-state index < -0.39 is 10.0 Å². The number of benzene rings is 1. The number of halogens is 1. The molecule has 0 aromatic heterocycles. The molecular weight excluding hydrogens is 352 g/mol. The van der Waals surface area contributed by atoms with E-state index in [1.165, 1.54) is 4.31 Å². The van der Waals surface area contributed by atoms with E-state index >= 15 is 0 Å². The van der Waals surface area contributed by atoms with E-state index in [0.29, 0.717) is 54.9 Å². The largest absolute Gasteiger partial charge is 0.394 e. The number of hydrogen-bond donors (Lipinski definition) is 1. The van der Waals surface area contributed by atoms with Crippen molar-refractivity contribution in [3.8, 4) is 0 Å². The first kappa shape index (κ1) is 19.6. The predicted octanol–water partition coefficient (Wildman–Crippen LogP) is 1.27. The van der Waals surface area contributed by atoms with Gasteiger partial charge in [-0.15, -0.1) is 0 Å². The predicted molar refractivity (Wildman–Crippen MR) is 94.0 cm³/mol. The fraction of sp³-hybridized carbons (Fsp3) is 0.625. The zero-order valence-electron chi connectivity index (χ0n) is 14.2. The highest BCUT2D eigenvalue weighted by molar-refractivity contribution is 7.89. The fourth-order valence-corrected chi connectivity index (χ4v) is 4.66. The highest BCUT2D eigenvalue weighted by Crippen LogP contribution is 2.26. The van der Waals surface area contributed by atoms with Crippen LogP contribution in [0.25, 0.3) is 0 Å². The van der Waals surface area contributed by atoms with E-state index in [1.54, 1.807) is 19.1 Å². The molecule has 1 heterocycles. The van der Waals surface area contributed by atoms with Gasteiger partial charge < -0.3 is 9.84 Å². The second-order valence-electron chi connectivity index (χ2n) is 5.95. The molecule has 1 aliphatic rings. The number of piperazine rings is 1. The molecule has 0 aliphatic carbocycles. The molecule has 0 spiro atoms. The first-order valence-corrected chi connectivity index (χ1v) is 9.86. The third-order valence-electron chi connectivity index (χ3n) is 4.19. The molecule has 1 saturated heterocycles. The van der Waals surface area contributed by atoms with Crippen molar-refractivity contribution in [2.24, 2.45) is 0 Å². The highest BCUT2D eigenvalue weighted by Gasteiger charge is 2.29. The van der Waals surface area contributed by atoms with Gasteiger partial charge in [-0.05, 0) is 37.1 Å². The molecule has 0 radical (unpaired) electrons. The van der Waals surface area contributed by atoms with Crippen LogP contribution in [-0.4, -0.2) is 75.3 Å². The number of rotatable bonds is 7. The molecule has 1 N–H and O–H groups in total. The van der Waals surface area contributed by atoms with Crippen LogP contribution in [0.5, 0.6) is 0 Å². The van der Waals surface area contributed by atoms with Gasteiger partial charge in [0.1, 0.15) is 0 Å². The van der Waals surface area contributed by atoms with Crippen molar-refractivity contribution in [2.45, 2.75) is 18.7 Å². The molecule has 1 aliphatic heterocycles. The minimum atomic E-state index is -3.50. The van der Waals surface area contributed by atoms with Crippen molar-refractivity contribution >= 4 is 21.6 Å². The van der Waals surface area contributed by atoms with Crippen LogP contribution >= 0.6 is 11.6 Å². The smallest absolute Gasteiger partial charge is 0.243 e. The monoisotopic (exact) mass is 376 g/mol. The van der Waals surface area contributed by atoms with Gasteiger partial charge in [0.2, 0.25) is 10.0 Å². The molecule has 1 fully saturated rings. The van der Waals surface area contributed by atoms with Crippen molar-refractivity contribution in [3.05, 3.63) is 28.3 Å². The van der Waals surface area contributed by atoms with Gasteiger partial charge in [-0.1, -0.05) is 11.6 Å². The van der Waals surface area contributed by atoms with E-state index in [9.17, 15) is 8.42 Å². The molecule has 0 unspecified atom stereocenters. The van der Waals surface area contributed by atoms with Crippen LogP contribution in [-0.2, 0) is 14.8 Å². The Morgan fingerprint density at radius 3 is 2.42 bits per heavy atom. The second kappa shape index (κ2) is 8.60. The quantitative estimate of drug-likeness (QED) is 0.726. The zero-order chi connectivity index (χ0) is 17.7. The Morgan fingerprint density at radius 1 is 1.12 bits per heavy atom. The normalized spacial score (nSPS) is 17.3. The molecule has 2 rings (SSSR count). The summed E-state index contributed by atoms with van der Waals surface area (Å²) in [5.41, 5.74) is 1.44. The van der Waals surface area contributed by atoms with E-state index in [4.69, 9.17) is 21.4 Å². The van der Waals surface area contributed by atoms with E-state index in [-0.39, 0.29) is 6.61 Å². The van der Waals surface area contributed by atoms with Crippen molar-refractivity contribution < 1.29 is 18.3 Å². The van der Waals surface area contributed by atoms with E-state index in [0.717, 1.165) is 12.1 Å². The van der Waals surface area contributed by atoms with Gasteiger partial charge >= 0.3 is 0 Å². The number of ether oxygens (including phenoxy) is 1. The number of aryl methyl sites for hydroxylation is 2. The van der Waals surface area contributed by atoms with Gasteiger partial charge in [0.05, 0.1) is 24.7 Å². The minimum Gasteiger partial charge on any atom is -0.394 e. The van der Waals surface area contributed by atoms with Crippen molar-refractivity contribution in [2.75, 3.05) is 52.5 Å². The Kier molecular flexibility index (Phi) is 7.03. The van der Waals surface area contributed by atoms with E-state index in [1.807, 2.05) is 6.92 Å². The van der Waals surface area contributed by atoms with Crippen LogP contribution in [0.4, 0.5) is 0 Å². The van der Waals surface area contributed by atoms with Gasteiger partial charge in [0, 0.05) is 37.7 Å². The van der Waals surface area contributed by atoms with Crippen LogP contribution < -0.4 is 0 Å². The maximum absolute atomic E-state index is 12.9. The molecule has 0 amide bonds. The molecule has 0 bridgehead atoms. The summed E-state index contributed by atoms with van der Waals surface area (Å²) in [6, 6.07) is 3.36. The average Bonchev–Trinajstić information content (AvgIpc) is 2.55. The Bertz CT molecular complexity index is 658. The van der Waals surface area contributed by atoms with Crippen molar-refractivity contribution in [3.63, 3.8) is 0 Å². The van der Waals surface area contributed by atoms with Gasteiger partial charge in [-0.3, -0.25) is 4.90 Å². The molecule has 24 heavy (non-hydrogen) atoms. The Balaban J connectivity index is 1.99. The summed E-state index contributed by atoms with van der Waals surface area (Å²) in [6.07, 6.45) is 0. The number of aliphatic hydroxyl groups excluding tert-OH is 1. The molecule has 1 aromatic carbocycles. The summed E-state index contributed by atoms with van der Waals surface area (Å²) in [5, 5.41) is 9.26. The van der Waals surface area contributed by atoms with Crippen LogP contribution in [0, 0.1) is 13.8 Å². The number of aliphatic hydroxyl groups is 1. The maximum atomic E-state index is 12.9. The topological polar surface area (TPSA) is 70.1 Å². The van der Waals surface area contributed by atoms with Crippen LogP contribution in [0.3, 0.4) is 0 Å². The summed E-state index contributed by atoms with van der Waals surface area (Å²) >= 11 is 6.07. The Labute approximate surface area is 149 Å². The number of sulfonamides is 1. The molecule has 1 aromatic rings. The molecule has 8 heteroatoms.